The smallest absolute Gasteiger partial charge is 0.0918 e. The molecule has 0 unspecified atom stereocenters. The van der Waals surface area contributed by atoms with Gasteiger partial charge in [0.2, 0.25) is 0 Å². The second kappa shape index (κ2) is 3.72. The van der Waals surface area contributed by atoms with Crippen LogP contribution in [0.2, 0.25) is 0 Å². The highest BCUT2D eigenvalue weighted by Crippen LogP contribution is 1.92. The van der Waals surface area contributed by atoms with Gasteiger partial charge in [0.25, 0.3) is 0 Å². The fourth-order valence-electron chi connectivity index (χ4n) is 0.327. The average Bonchev–Trinajstić information content (AvgIpc) is 1.68. The lowest BCUT2D eigenvalue weighted by molar-refractivity contribution is 0.419. The SMILES string of the molecule is C[CH]/C(O)=C/CC. The van der Waals surface area contributed by atoms with Gasteiger partial charge in [0.05, 0.1) is 5.76 Å². The van der Waals surface area contributed by atoms with Crippen molar-refractivity contribution in [1.29, 1.82) is 0 Å². The Kier molecular flexibility index (Phi) is 3.48. The molecule has 0 aliphatic rings. The lowest BCUT2D eigenvalue weighted by atomic mass is 10.3. The van der Waals surface area contributed by atoms with E-state index >= 15 is 0 Å². The number of hydrogen-bond donors (Lipinski definition) is 1. The molecule has 1 nitrogen and oxygen atoms in total. The van der Waals surface area contributed by atoms with E-state index in [1.165, 1.54) is 0 Å². The Morgan fingerprint density at radius 1 is 1.71 bits per heavy atom. The summed E-state index contributed by atoms with van der Waals surface area (Å²) in [4.78, 5) is 0. The lowest BCUT2D eigenvalue weighted by Crippen LogP contribution is -1.74. The molecule has 0 aromatic rings. The van der Waals surface area contributed by atoms with Gasteiger partial charge in [-0.15, -0.1) is 0 Å². The van der Waals surface area contributed by atoms with Crippen LogP contribution in [-0.2, 0) is 0 Å². The van der Waals surface area contributed by atoms with Gasteiger partial charge in [0, 0.05) is 6.42 Å². The molecule has 0 saturated carbocycles. The predicted octanol–water partition coefficient (Wildman–Crippen LogP) is 2.06. The van der Waals surface area contributed by atoms with Crippen molar-refractivity contribution in [2.24, 2.45) is 0 Å². The number of aliphatic hydroxyl groups is 1. The Balaban J connectivity index is 3.29. The number of aliphatic hydroxyl groups excluding tert-OH is 1. The molecule has 0 aromatic carbocycles. The summed E-state index contributed by atoms with van der Waals surface area (Å²) in [6, 6.07) is 0. The number of rotatable bonds is 2. The van der Waals surface area contributed by atoms with Crippen LogP contribution < -0.4 is 0 Å². The van der Waals surface area contributed by atoms with E-state index in [0.717, 1.165) is 6.42 Å². The first-order chi connectivity index (χ1) is 3.31. The standard InChI is InChI=1S/C6H11O/c1-3-5-6(7)4-2/h4-5,7H,3H2,1-2H3/b6-5-. The molecule has 0 aliphatic heterocycles. The zero-order valence-electron chi connectivity index (χ0n) is 4.81. The average molecular weight is 99.2 g/mol. The number of hydrogen-bond acceptors (Lipinski definition) is 1. The maximum atomic E-state index is 8.66. The second-order valence-electron chi connectivity index (χ2n) is 1.33. The predicted molar refractivity (Wildman–Crippen MR) is 31.0 cm³/mol. The van der Waals surface area contributed by atoms with Gasteiger partial charge in [-0.05, 0) is 12.5 Å². The summed E-state index contributed by atoms with van der Waals surface area (Å²) in [5.74, 6) is 0.377. The molecule has 0 bridgehead atoms. The largest absolute Gasteiger partial charge is 0.512 e. The molecule has 7 heavy (non-hydrogen) atoms. The van der Waals surface area contributed by atoms with Gasteiger partial charge in [-0.25, -0.2) is 0 Å². The highest BCUT2D eigenvalue weighted by molar-refractivity contribution is 5.00. The molecule has 0 spiro atoms. The third-order valence-electron chi connectivity index (χ3n) is 0.709. The van der Waals surface area contributed by atoms with E-state index in [-0.39, 0.29) is 0 Å². The van der Waals surface area contributed by atoms with Crippen LogP contribution in [0.15, 0.2) is 11.8 Å². The molecule has 0 saturated heterocycles. The summed E-state index contributed by atoms with van der Waals surface area (Å²) in [5, 5.41) is 8.66. The molecule has 1 N–H and O–H groups in total. The lowest BCUT2D eigenvalue weighted by Gasteiger charge is -1.87. The van der Waals surface area contributed by atoms with Gasteiger partial charge in [-0.2, -0.15) is 0 Å². The first-order valence-electron chi connectivity index (χ1n) is 2.49. The fourth-order valence-corrected chi connectivity index (χ4v) is 0.327. The minimum atomic E-state index is 0.377. The fraction of sp³-hybridized carbons (Fsp3) is 0.500. The monoisotopic (exact) mass is 99.1 g/mol. The van der Waals surface area contributed by atoms with Gasteiger partial charge in [-0.3, -0.25) is 0 Å². The molecule has 41 valence electrons. The van der Waals surface area contributed by atoms with E-state index in [1.807, 2.05) is 13.8 Å². The first-order valence-corrected chi connectivity index (χ1v) is 2.49. The highest BCUT2D eigenvalue weighted by atomic mass is 16.3. The van der Waals surface area contributed by atoms with Gasteiger partial charge in [-0.1, -0.05) is 13.8 Å². The van der Waals surface area contributed by atoms with Crippen molar-refractivity contribution in [1.82, 2.24) is 0 Å². The topological polar surface area (TPSA) is 20.2 Å². The van der Waals surface area contributed by atoms with E-state index in [1.54, 1.807) is 12.5 Å². The van der Waals surface area contributed by atoms with Crippen molar-refractivity contribution in [3.05, 3.63) is 18.3 Å². The third kappa shape index (κ3) is 3.37. The van der Waals surface area contributed by atoms with Gasteiger partial charge < -0.3 is 5.11 Å². The van der Waals surface area contributed by atoms with Crippen molar-refractivity contribution < 1.29 is 5.11 Å². The van der Waals surface area contributed by atoms with Crippen molar-refractivity contribution in [2.75, 3.05) is 0 Å². The quantitative estimate of drug-likeness (QED) is 0.525. The Labute approximate surface area is 44.7 Å². The van der Waals surface area contributed by atoms with Crippen LogP contribution in [0, 0.1) is 6.42 Å². The van der Waals surface area contributed by atoms with Crippen molar-refractivity contribution in [2.45, 2.75) is 20.3 Å². The summed E-state index contributed by atoms with van der Waals surface area (Å²) in [6.07, 6.45) is 4.33. The summed E-state index contributed by atoms with van der Waals surface area (Å²) in [6.45, 7) is 3.79. The Morgan fingerprint density at radius 2 is 2.29 bits per heavy atom. The molecular formula is C6H11O. The van der Waals surface area contributed by atoms with Crippen LogP contribution >= 0.6 is 0 Å². The summed E-state index contributed by atoms with van der Waals surface area (Å²) < 4.78 is 0. The molecule has 0 aromatic heterocycles. The summed E-state index contributed by atoms with van der Waals surface area (Å²) in [5.41, 5.74) is 0. The summed E-state index contributed by atoms with van der Waals surface area (Å²) >= 11 is 0. The normalized spacial score (nSPS) is 12.0. The van der Waals surface area contributed by atoms with E-state index in [9.17, 15) is 0 Å². The molecule has 0 fully saturated rings. The van der Waals surface area contributed by atoms with Gasteiger partial charge in [0.1, 0.15) is 0 Å². The van der Waals surface area contributed by atoms with Crippen LogP contribution in [0.25, 0.3) is 0 Å². The molecule has 1 heteroatoms. The van der Waals surface area contributed by atoms with Crippen LogP contribution in [0.5, 0.6) is 0 Å². The van der Waals surface area contributed by atoms with Crippen molar-refractivity contribution >= 4 is 0 Å². The van der Waals surface area contributed by atoms with Crippen LogP contribution in [0.3, 0.4) is 0 Å². The molecule has 0 rings (SSSR count). The highest BCUT2D eigenvalue weighted by Gasteiger charge is 1.80. The Morgan fingerprint density at radius 3 is 2.43 bits per heavy atom. The molecule has 0 aliphatic carbocycles. The molecule has 0 heterocycles. The molecule has 1 radical (unpaired) electrons. The van der Waals surface area contributed by atoms with Crippen LogP contribution in [0.1, 0.15) is 20.3 Å². The van der Waals surface area contributed by atoms with E-state index in [0.29, 0.717) is 5.76 Å². The van der Waals surface area contributed by atoms with Crippen molar-refractivity contribution in [3.63, 3.8) is 0 Å². The van der Waals surface area contributed by atoms with Crippen LogP contribution in [0.4, 0.5) is 0 Å². The summed E-state index contributed by atoms with van der Waals surface area (Å²) in [7, 11) is 0. The zero-order valence-corrected chi connectivity index (χ0v) is 4.81. The maximum Gasteiger partial charge on any atom is 0.0918 e. The maximum absolute atomic E-state index is 8.66. The third-order valence-corrected chi connectivity index (χ3v) is 0.709. The second-order valence-corrected chi connectivity index (χ2v) is 1.33. The molecule has 0 amide bonds. The zero-order chi connectivity index (χ0) is 5.70. The molecule has 0 atom stereocenters. The minimum absolute atomic E-state index is 0.377. The minimum Gasteiger partial charge on any atom is -0.512 e. The molecular weight excluding hydrogens is 88.1 g/mol. The van der Waals surface area contributed by atoms with Gasteiger partial charge >= 0.3 is 0 Å². The van der Waals surface area contributed by atoms with Crippen LogP contribution in [-0.4, -0.2) is 5.11 Å². The first kappa shape index (κ1) is 6.54. The van der Waals surface area contributed by atoms with E-state index < -0.39 is 0 Å². The Hall–Kier alpha value is -0.460. The van der Waals surface area contributed by atoms with E-state index in [4.69, 9.17) is 5.11 Å². The Bertz CT molecular complexity index is 64.6. The van der Waals surface area contributed by atoms with Crippen molar-refractivity contribution in [3.8, 4) is 0 Å². The van der Waals surface area contributed by atoms with Gasteiger partial charge in [0.15, 0.2) is 0 Å². The van der Waals surface area contributed by atoms with E-state index in [2.05, 4.69) is 0 Å². The number of allylic oxidation sites excluding steroid dienone is 2.